The Balaban J connectivity index is 1.87. The van der Waals surface area contributed by atoms with Gasteiger partial charge >= 0.3 is 0 Å². The van der Waals surface area contributed by atoms with Gasteiger partial charge in [0, 0.05) is 10.5 Å². The number of carbonyl (C=O) groups is 1. The van der Waals surface area contributed by atoms with Gasteiger partial charge in [-0.15, -0.1) is 10.2 Å². The highest BCUT2D eigenvalue weighted by molar-refractivity contribution is 9.10. The number of primary amides is 1. The Morgan fingerprint density at radius 2 is 1.76 bits per heavy atom. The number of fused-ring (bicyclic) bond motifs is 1. The monoisotopic (exact) mass is 343 g/mol. The molecule has 21 heavy (non-hydrogen) atoms. The van der Waals surface area contributed by atoms with Gasteiger partial charge in [0.05, 0.1) is 0 Å². The van der Waals surface area contributed by atoms with Gasteiger partial charge in [-0.1, -0.05) is 28.1 Å². The molecular formula is C15H10BrN3O2. The van der Waals surface area contributed by atoms with Crippen LogP contribution >= 0.6 is 15.9 Å². The molecule has 5 nitrogen and oxygen atoms in total. The largest absolute Gasteiger partial charge is 0.438 e. The van der Waals surface area contributed by atoms with Crippen LogP contribution in [0.1, 0.15) is 10.5 Å². The lowest BCUT2D eigenvalue weighted by Crippen LogP contribution is -2.13. The molecular weight excluding hydrogens is 334 g/mol. The summed E-state index contributed by atoms with van der Waals surface area (Å²) < 4.78 is 6.64. The first-order valence-corrected chi connectivity index (χ1v) is 6.92. The van der Waals surface area contributed by atoms with Crippen LogP contribution in [-0.4, -0.2) is 16.1 Å². The Hall–Kier alpha value is -2.47. The number of hydrogen-bond donors (Lipinski definition) is 1. The summed E-state index contributed by atoms with van der Waals surface area (Å²) in [5.74, 6) is 0.327. The molecule has 3 rings (SSSR count). The first-order chi connectivity index (χ1) is 10.1. The molecule has 1 amide bonds. The summed E-state index contributed by atoms with van der Waals surface area (Å²) in [7, 11) is 0. The second-order valence-corrected chi connectivity index (χ2v) is 5.29. The Bertz CT molecular complexity index is 819. The van der Waals surface area contributed by atoms with Crippen LogP contribution in [0.15, 0.2) is 53.0 Å². The summed E-state index contributed by atoms with van der Waals surface area (Å²) >= 11 is 3.44. The van der Waals surface area contributed by atoms with Gasteiger partial charge < -0.3 is 10.5 Å². The molecule has 0 unspecified atom stereocenters. The average molecular weight is 344 g/mol. The van der Waals surface area contributed by atoms with E-state index in [4.69, 9.17) is 10.5 Å². The molecule has 0 radical (unpaired) electrons. The Morgan fingerprint density at radius 1 is 1.00 bits per heavy atom. The number of aromatic nitrogens is 2. The predicted octanol–water partition coefficient (Wildman–Crippen LogP) is 3.28. The van der Waals surface area contributed by atoms with Gasteiger partial charge in [-0.05, 0) is 41.1 Å². The van der Waals surface area contributed by atoms with Crippen LogP contribution in [0.4, 0.5) is 0 Å². The molecule has 0 aliphatic rings. The summed E-state index contributed by atoms with van der Waals surface area (Å²) in [6.07, 6.45) is 0. The van der Waals surface area contributed by atoms with E-state index < -0.39 is 5.91 Å². The number of amides is 1. The van der Waals surface area contributed by atoms with Gasteiger partial charge in [0.25, 0.3) is 5.91 Å². The maximum Gasteiger partial charge on any atom is 0.269 e. The number of rotatable bonds is 3. The number of hydrogen-bond acceptors (Lipinski definition) is 4. The molecule has 2 N–H and O–H groups in total. The Morgan fingerprint density at radius 3 is 2.48 bits per heavy atom. The zero-order chi connectivity index (χ0) is 14.8. The second-order valence-electron chi connectivity index (χ2n) is 4.38. The highest BCUT2D eigenvalue weighted by Crippen LogP contribution is 2.26. The molecule has 0 aliphatic carbocycles. The van der Waals surface area contributed by atoms with E-state index in [2.05, 4.69) is 26.1 Å². The quantitative estimate of drug-likeness (QED) is 0.791. The number of benzene rings is 2. The number of nitrogens with two attached hydrogens (primary N) is 1. The molecule has 3 aromatic rings. The summed E-state index contributed by atoms with van der Waals surface area (Å²) in [6, 6.07) is 14.7. The van der Waals surface area contributed by atoms with Crippen molar-refractivity contribution in [3.05, 3.63) is 58.7 Å². The van der Waals surface area contributed by atoms with Gasteiger partial charge in [-0.3, -0.25) is 4.79 Å². The van der Waals surface area contributed by atoms with Crippen molar-refractivity contribution >= 4 is 32.6 Å². The zero-order valence-corrected chi connectivity index (χ0v) is 12.4. The van der Waals surface area contributed by atoms with Gasteiger partial charge in [0.15, 0.2) is 5.69 Å². The fraction of sp³-hybridized carbons (Fsp3) is 0. The van der Waals surface area contributed by atoms with Gasteiger partial charge in [0.1, 0.15) is 5.75 Å². The third-order valence-electron chi connectivity index (χ3n) is 2.89. The molecule has 6 heteroatoms. The molecule has 0 bridgehead atoms. The van der Waals surface area contributed by atoms with Crippen molar-refractivity contribution in [2.24, 2.45) is 5.73 Å². The number of nitrogens with zero attached hydrogens (tertiary/aromatic N) is 2. The normalized spacial score (nSPS) is 10.5. The molecule has 1 heterocycles. The lowest BCUT2D eigenvalue weighted by atomic mass is 10.1. The minimum absolute atomic E-state index is 0.103. The first-order valence-electron chi connectivity index (χ1n) is 6.12. The smallest absolute Gasteiger partial charge is 0.269 e. The van der Waals surface area contributed by atoms with Crippen molar-refractivity contribution in [3.63, 3.8) is 0 Å². The van der Waals surface area contributed by atoms with Crippen LogP contribution in [-0.2, 0) is 0 Å². The van der Waals surface area contributed by atoms with E-state index in [0.29, 0.717) is 11.6 Å². The lowest BCUT2D eigenvalue weighted by Gasteiger charge is -2.06. The van der Waals surface area contributed by atoms with Crippen molar-refractivity contribution in [2.75, 3.05) is 0 Å². The predicted molar refractivity (Wildman–Crippen MR) is 82.3 cm³/mol. The van der Waals surface area contributed by atoms with E-state index in [1.54, 1.807) is 6.07 Å². The van der Waals surface area contributed by atoms with Crippen LogP contribution in [0.2, 0.25) is 0 Å². The van der Waals surface area contributed by atoms with Crippen molar-refractivity contribution in [1.82, 2.24) is 10.2 Å². The van der Waals surface area contributed by atoms with E-state index in [0.717, 1.165) is 15.2 Å². The van der Waals surface area contributed by atoms with Crippen LogP contribution in [0.25, 0.3) is 10.8 Å². The highest BCUT2D eigenvalue weighted by atomic mass is 79.9. The van der Waals surface area contributed by atoms with Crippen molar-refractivity contribution < 1.29 is 9.53 Å². The lowest BCUT2D eigenvalue weighted by molar-refractivity contribution is 0.0994. The SMILES string of the molecule is NC(=O)c1ccc(Oc2ccc3cc(Br)ccc3c2)nn1. The molecule has 0 fully saturated rings. The van der Waals surface area contributed by atoms with Crippen LogP contribution in [0.3, 0.4) is 0 Å². The van der Waals surface area contributed by atoms with E-state index in [1.165, 1.54) is 6.07 Å². The summed E-state index contributed by atoms with van der Waals surface area (Å²) in [5.41, 5.74) is 5.21. The van der Waals surface area contributed by atoms with Crippen molar-refractivity contribution in [3.8, 4) is 11.6 Å². The van der Waals surface area contributed by atoms with Crippen LogP contribution in [0.5, 0.6) is 11.6 Å². The first kappa shape index (κ1) is 13.5. The number of carbonyl (C=O) groups excluding carboxylic acids is 1. The van der Waals surface area contributed by atoms with Crippen LogP contribution < -0.4 is 10.5 Å². The fourth-order valence-corrected chi connectivity index (χ4v) is 2.26. The summed E-state index contributed by atoms with van der Waals surface area (Å²) in [5, 5.41) is 9.66. The topological polar surface area (TPSA) is 78.1 Å². The second kappa shape index (κ2) is 5.49. The Labute approximate surface area is 128 Å². The maximum atomic E-state index is 10.9. The molecule has 2 aromatic carbocycles. The molecule has 104 valence electrons. The minimum atomic E-state index is -0.620. The highest BCUT2D eigenvalue weighted by Gasteiger charge is 2.05. The summed E-state index contributed by atoms with van der Waals surface area (Å²) in [4.78, 5) is 10.9. The molecule has 0 aliphatic heterocycles. The number of halogens is 1. The van der Waals surface area contributed by atoms with Gasteiger partial charge in [-0.25, -0.2) is 0 Å². The molecule has 0 spiro atoms. The van der Waals surface area contributed by atoms with Crippen LogP contribution in [0, 0.1) is 0 Å². The van der Waals surface area contributed by atoms with Gasteiger partial charge in [-0.2, -0.15) is 0 Å². The standard InChI is InChI=1S/C15H10BrN3O2/c16-11-3-1-10-8-12(4-2-9(10)7-11)21-14-6-5-13(15(17)20)18-19-14/h1-8H,(H2,17,20). The van der Waals surface area contributed by atoms with Gasteiger partial charge in [0.2, 0.25) is 5.88 Å². The molecule has 1 aromatic heterocycles. The maximum absolute atomic E-state index is 10.9. The average Bonchev–Trinajstić information content (AvgIpc) is 2.48. The molecule has 0 saturated heterocycles. The van der Waals surface area contributed by atoms with E-state index in [1.807, 2.05) is 36.4 Å². The zero-order valence-electron chi connectivity index (χ0n) is 10.8. The third kappa shape index (κ3) is 3.00. The minimum Gasteiger partial charge on any atom is -0.438 e. The summed E-state index contributed by atoms with van der Waals surface area (Å²) in [6.45, 7) is 0. The van der Waals surface area contributed by atoms with E-state index in [9.17, 15) is 4.79 Å². The number of ether oxygens (including phenoxy) is 1. The van der Waals surface area contributed by atoms with E-state index in [-0.39, 0.29) is 5.69 Å². The third-order valence-corrected chi connectivity index (χ3v) is 3.38. The van der Waals surface area contributed by atoms with Crippen molar-refractivity contribution in [1.29, 1.82) is 0 Å². The van der Waals surface area contributed by atoms with E-state index >= 15 is 0 Å². The van der Waals surface area contributed by atoms with Crippen molar-refractivity contribution in [2.45, 2.75) is 0 Å². The molecule has 0 atom stereocenters. The fourth-order valence-electron chi connectivity index (χ4n) is 1.88. The Kier molecular flexibility index (Phi) is 3.53. The molecule has 0 saturated carbocycles.